The normalized spacial score (nSPS) is 13.4. The predicted octanol–water partition coefficient (Wildman–Crippen LogP) is 3.39. The highest BCUT2D eigenvalue weighted by molar-refractivity contribution is 5.98. The second-order valence-electron chi connectivity index (χ2n) is 8.91. The van der Waals surface area contributed by atoms with E-state index < -0.39 is 0 Å². The highest BCUT2D eigenvalue weighted by Crippen LogP contribution is 2.26. The Morgan fingerprint density at radius 1 is 0.943 bits per heavy atom. The zero-order chi connectivity index (χ0) is 25.5. The number of rotatable bonds is 7. The molecule has 2 aromatic carbocycles. The molecule has 0 radical (unpaired) electrons. The summed E-state index contributed by atoms with van der Waals surface area (Å²) < 4.78 is 10.6. The summed E-state index contributed by atoms with van der Waals surface area (Å²) in [7, 11) is 3.07. The van der Waals surface area contributed by atoms with E-state index in [4.69, 9.17) is 9.47 Å². The molecule has 1 aliphatic heterocycles. The number of aryl methyl sites for hydroxylation is 1. The van der Waals surface area contributed by atoms with Crippen LogP contribution < -0.4 is 20.1 Å². The summed E-state index contributed by atoms with van der Waals surface area (Å²) in [5, 5.41) is 5.81. The standard InChI is InChI=1S/C26H34N4O5/c1-17(2)16-27-24(31)19-7-6-18(3)22(14-19)28-26(33)30-12-10-29(11-13-30)25(32)21-9-8-20(34-4)15-23(21)35-5/h6-9,14-15,17H,10-13,16H2,1-5H3,(H,27,31)(H,28,33). The van der Waals surface area contributed by atoms with E-state index in [0.717, 1.165) is 5.56 Å². The van der Waals surface area contributed by atoms with Crippen molar-refractivity contribution < 1.29 is 23.9 Å². The number of nitrogens with zero attached hydrogens (tertiary/aromatic N) is 2. The van der Waals surface area contributed by atoms with Gasteiger partial charge in [0.05, 0.1) is 19.8 Å². The number of urea groups is 1. The van der Waals surface area contributed by atoms with Crippen LogP contribution >= 0.6 is 0 Å². The third-order valence-corrected chi connectivity index (χ3v) is 5.91. The Morgan fingerprint density at radius 2 is 1.63 bits per heavy atom. The maximum atomic E-state index is 13.0. The SMILES string of the molecule is COc1ccc(C(=O)N2CCN(C(=O)Nc3cc(C(=O)NCC(C)C)ccc3C)CC2)c(OC)c1. The topological polar surface area (TPSA) is 100 Å². The molecule has 9 nitrogen and oxygen atoms in total. The van der Waals surface area contributed by atoms with E-state index in [0.29, 0.717) is 67.0 Å². The molecule has 0 bridgehead atoms. The van der Waals surface area contributed by atoms with Gasteiger partial charge in [0.1, 0.15) is 11.5 Å². The van der Waals surface area contributed by atoms with Gasteiger partial charge < -0.3 is 29.9 Å². The second kappa shape index (κ2) is 11.6. The first-order chi connectivity index (χ1) is 16.7. The molecule has 1 fully saturated rings. The lowest BCUT2D eigenvalue weighted by atomic mass is 10.1. The first kappa shape index (κ1) is 25.9. The first-order valence-corrected chi connectivity index (χ1v) is 11.7. The predicted molar refractivity (Wildman–Crippen MR) is 134 cm³/mol. The van der Waals surface area contributed by atoms with Crippen LogP contribution in [0.5, 0.6) is 11.5 Å². The molecule has 4 amide bonds. The largest absolute Gasteiger partial charge is 0.497 e. The van der Waals surface area contributed by atoms with Gasteiger partial charge in [-0.2, -0.15) is 0 Å². The fraction of sp³-hybridized carbons (Fsp3) is 0.423. The van der Waals surface area contributed by atoms with E-state index in [1.54, 1.807) is 47.2 Å². The van der Waals surface area contributed by atoms with Gasteiger partial charge in [0, 0.05) is 50.0 Å². The smallest absolute Gasteiger partial charge is 0.321 e. The van der Waals surface area contributed by atoms with Crippen LogP contribution in [0.2, 0.25) is 0 Å². The molecule has 188 valence electrons. The molecule has 0 saturated carbocycles. The van der Waals surface area contributed by atoms with Crippen molar-refractivity contribution >= 4 is 23.5 Å². The lowest BCUT2D eigenvalue weighted by Crippen LogP contribution is -2.51. The average molecular weight is 483 g/mol. The lowest BCUT2D eigenvalue weighted by Gasteiger charge is -2.35. The minimum atomic E-state index is -0.262. The summed E-state index contributed by atoms with van der Waals surface area (Å²) in [5.74, 6) is 1.08. The molecule has 0 unspecified atom stereocenters. The lowest BCUT2D eigenvalue weighted by molar-refractivity contribution is 0.0668. The van der Waals surface area contributed by atoms with Crippen LogP contribution in [-0.4, -0.2) is 74.6 Å². The molecule has 9 heteroatoms. The van der Waals surface area contributed by atoms with Gasteiger partial charge in [-0.05, 0) is 42.7 Å². The maximum absolute atomic E-state index is 13.0. The van der Waals surface area contributed by atoms with Crippen molar-refractivity contribution in [2.24, 2.45) is 5.92 Å². The minimum absolute atomic E-state index is 0.152. The van der Waals surface area contributed by atoms with E-state index in [9.17, 15) is 14.4 Å². The van der Waals surface area contributed by atoms with Crippen molar-refractivity contribution in [1.82, 2.24) is 15.1 Å². The number of piperazine rings is 1. The van der Waals surface area contributed by atoms with Crippen LogP contribution in [0.25, 0.3) is 0 Å². The van der Waals surface area contributed by atoms with Crippen molar-refractivity contribution in [2.45, 2.75) is 20.8 Å². The highest BCUT2D eigenvalue weighted by Gasteiger charge is 2.27. The molecular weight excluding hydrogens is 448 g/mol. The number of nitrogens with one attached hydrogen (secondary N) is 2. The molecule has 0 aromatic heterocycles. The molecule has 0 atom stereocenters. The van der Waals surface area contributed by atoms with Gasteiger partial charge in [-0.25, -0.2) is 4.79 Å². The highest BCUT2D eigenvalue weighted by atomic mass is 16.5. The van der Waals surface area contributed by atoms with E-state index in [1.165, 1.54) is 7.11 Å². The van der Waals surface area contributed by atoms with Crippen molar-refractivity contribution in [3.05, 3.63) is 53.1 Å². The van der Waals surface area contributed by atoms with Crippen LogP contribution in [0.15, 0.2) is 36.4 Å². The molecule has 3 rings (SSSR count). The maximum Gasteiger partial charge on any atom is 0.321 e. The summed E-state index contributed by atoms with van der Waals surface area (Å²) in [4.78, 5) is 41.7. The number of hydrogen-bond acceptors (Lipinski definition) is 5. The van der Waals surface area contributed by atoms with Crippen LogP contribution in [-0.2, 0) is 0 Å². The van der Waals surface area contributed by atoms with Crippen LogP contribution in [0, 0.1) is 12.8 Å². The Morgan fingerprint density at radius 3 is 2.26 bits per heavy atom. The number of carbonyl (C=O) groups excluding carboxylic acids is 3. The number of hydrogen-bond donors (Lipinski definition) is 2. The van der Waals surface area contributed by atoms with Crippen LogP contribution in [0.1, 0.15) is 40.1 Å². The fourth-order valence-corrected chi connectivity index (χ4v) is 3.75. The summed E-state index contributed by atoms with van der Waals surface area (Å²) in [6, 6.07) is 10.1. The molecule has 1 saturated heterocycles. The van der Waals surface area contributed by atoms with Gasteiger partial charge >= 0.3 is 6.03 Å². The fourth-order valence-electron chi connectivity index (χ4n) is 3.75. The molecule has 0 aliphatic carbocycles. The molecule has 2 N–H and O–H groups in total. The molecule has 0 spiro atoms. The van der Waals surface area contributed by atoms with E-state index in [2.05, 4.69) is 10.6 Å². The Bertz CT molecular complexity index is 1080. The van der Waals surface area contributed by atoms with Gasteiger partial charge in [-0.1, -0.05) is 19.9 Å². The summed E-state index contributed by atoms with van der Waals surface area (Å²) in [5.41, 5.74) is 2.40. The van der Waals surface area contributed by atoms with Gasteiger partial charge in [0.25, 0.3) is 11.8 Å². The van der Waals surface area contributed by atoms with E-state index >= 15 is 0 Å². The van der Waals surface area contributed by atoms with Crippen molar-refractivity contribution in [2.75, 3.05) is 52.3 Å². The van der Waals surface area contributed by atoms with E-state index in [1.807, 2.05) is 26.8 Å². The number of ether oxygens (including phenoxy) is 2. The summed E-state index contributed by atoms with van der Waals surface area (Å²) in [6.45, 7) is 8.11. The molecule has 1 heterocycles. The van der Waals surface area contributed by atoms with Crippen molar-refractivity contribution in [3.63, 3.8) is 0 Å². The van der Waals surface area contributed by atoms with Gasteiger partial charge in [0.15, 0.2) is 0 Å². The van der Waals surface area contributed by atoms with Gasteiger partial charge in [-0.3, -0.25) is 9.59 Å². The monoisotopic (exact) mass is 482 g/mol. The summed E-state index contributed by atoms with van der Waals surface area (Å²) >= 11 is 0. The number of carbonyl (C=O) groups is 3. The first-order valence-electron chi connectivity index (χ1n) is 11.7. The number of methoxy groups -OCH3 is 2. The van der Waals surface area contributed by atoms with Crippen LogP contribution in [0.4, 0.5) is 10.5 Å². The van der Waals surface area contributed by atoms with Gasteiger partial charge in [-0.15, -0.1) is 0 Å². The molecule has 2 aromatic rings. The molecular formula is C26H34N4O5. The second-order valence-corrected chi connectivity index (χ2v) is 8.91. The Labute approximate surface area is 206 Å². The Balaban J connectivity index is 1.60. The van der Waals surface area contributed by atoms with Crippen molar-refractivity contribution in [1.29, 1.82) is 0 Å². The third-order valence-electron chi connectivity index (χ3n) is 5.91. The minimum Gasteiger partial charge on any atom is -0.497 e. The van der Waals surface area contributed by atoms with Crippen molar-refractivity contribution in [3.8, 4) is 11.5 Å². The molecule has 1 aliphatic rings. The zero-order valence-electron chi connectivity index (χ0n) is 21.0. The molecule has 35 heavy (non-hydrogen) atoms. The van der Waals surface area contributed by atoms with E-state index in [-0.39, 0.29) is 17.8 Å². The van der Waals surface area contributed by atoms with Crippen LogP contribution in [0.3, 0.4) is 0 Å². The average Bonchev–Trinajstić information content (AvgIpc) is 2.87. The number of benzene rings is 2. The Hall–Kier alpha value is -3.75. The quantitative estimate of drug-likeness (QED) is 0.630. The third kappa shape index (κ3) is 6.44. The number of anilines is 1. The number of amides is 4. The van der Waals surface area contributed by atoms with Gasteiger partial charge in [0.2, 0.25) is 0 Å². The Kier molecular flexibility index (Phi) is 8.57. The zero-order valence-corrected chi connectivity index (χ0v) is 21.0. The summed E-state index contributed by atoms with van der Waals surface area (Å²) in [6.07, 6.45) is 0.